The van der Waals surface area contributed by atoms with Crippen molar-refractivity contribution >= 4 is 21.9 Å². The van der Waals surface area contributed by atoms with E-state index >= 15 is 0 Å². The van der Waals surface area contributed by atoms with E-state index in [4.69, 9.17) is 4.74 Å². The Kier molecular flexibility index (Phi) is 3.47. The van der Waals surface area contributed by atoms with Crippen molar-refractivity contribution in [2.45, 2.75) is 44.6 Å². The molecule has 0 N–H and O–H groups in total. The molecule has 2 atom stereocenters. The maximum absolute atomic E-state index is 11.6. The SMILES string of the molecule is O=C1OC(CBr)CC1C1CCCCC1. The molecule has 3 heteroatoms. The van der Waals surface area contributed by atoms with Crippen molar-refractivity contribution in [1.82, 2.24) is 0 Å². The van der Waals surface area contributed by atoms with Crippen molar-refractivity contribution in [3.05, 3.63) is 0 Å². The van der Waals surface area contributed by atoms with E-state index < -0.39 is 0 Å². The topological polar surface area (TPSA) is 26.3 Å². The van der Waals surface area contributed by atoms with Gasteiger partial charge in [0.05, 0.1) is 5.92 Å². The van der Waals surface area contributed by atoms with Gasteiger partial charge in [-0.2, -0.15) is 0 Å². The zero-order chi connectivity index (χ0) is 9.97. The molecule has 1 aliphatic carbocycles. The lowest BCUT2D eigenvalue weighted by Gasteiger charge is -2.24. The van der Waals surface area contributed by atoms with Gasteiger partial charge in [0.15, 0.2) is 0 Å². The van der Waals surface area contributed by atoms with Crippen LogP contribution in [-0.4, -0.2) is 17.4 Å². The van der Waals surface area contributed by atoms with Crippen LogP contribution in [0.2, 0.25) is 0 Å². The summed E-state index contributed by atoms with van der Waals surface area (Å²) in [6.45, 7) is 0. The second-order valence-corrected chi connectivity index (χ2v) is 5.10. The smallest absolute Gasteiger partial charge is 0.309 e. The second kappa shape index (κ2) is 4.65. The zero-order valence-corrected chi connectivity index (χ0v) is 9.96. The Balaban J connectivity index is 1.93. The minimum Gasteiger partial charge on any atom is -0.461 e. The number of esters is 1. The van der Waals surface area contributed by atoms with Crippen LogP contribution >= 0.6 is 15.9 Å². The van der Waals surface area contributed by atoms with Crippen LogP contribution in [-0.2, 0) is 9.53 Å². The maximum Gasteiger partial charge on any atom is 0.309 e. The first-order valence-electron chi connectivity index (χ1n) is 5.57. The molecule has 0 spiro atoms. The Morgan fingerprint density at radius 2 is 2.00 bits per heavy atom. The van der Waals surface area contributed by atoms with Gasteiger partial charge in [0.25, 0.3) is 0 Å². The fraction of sp³-hybridized carbons (Fsp3) is 0.909. The molecule has 0 amide bonds. The average molecular weight is 261 g/mol. The third kappa shape index (κ3) is 2.13. The van der Waals surface area contributed by atoms with E-state index in [1.54, 1.807) is 0 Å². The predicted molar refractivity (Wildman–Crippen MR) is 58.4 cm³/mol. The Morgan fingerprint density at radius 3 is 2.57 bits per heavy atom. The molecule has 1 heterocycles. The van der Waals surface area contributed by atoms with Crippen molar-refractivity contribution in [1.29, 1.82) is 0 Å². The van der Waals surface area contributed by atoms with Crippen molar-refractivity contribution in [3.63, 3.8) is 0 Å². The number of hydrogen-bond acceptors (Lipinski definition) is 2. The minimum absolute atomic E-state index is 0.0568. The molecular weight excluding hydrogens is 244 g/mol. The standard InChI is InChI=1S/C11H17BrO2/c12-7-9-6-10(11(13)14-9)8-4-2-1-3-5-8/h8-10H,1-7H2. The quantitative estimate of drug-likeness (QED) is 0.564. The first-order valence-corrected chi connectivity index (χ1v) is 6.70. The number of alkyl halides is 1. The highest BCUT2D eigenvalue weighted by molar-refractivity contribution is 9.09. The minimum atomic E-state index is 0.0568. The fourth-order valence-corrected chi connectivity index (χ4v) is 3.09. The predicted octanol–water partition coefficient (Wildman–Crippen LogP) is 2.89. The summed E-state index contributed by atoms with van der Waals surface area (Å²) in [6, 6.07) is 0. The van der Waals surface area contributed by atoms with Gasteiger partial charge in [0, 0.05) is 5.33 Å². The van der Waals surface area contributed by atoms with Gasteiger partial charge in [-0.05, 0) is 25.2 Å². The number of cyclic esters (lactones) is 1. The summed E-state index contributed by atoms with van der Waals surface area (Å²) in [4.78, 5) is 11.6. The van der Waals surface area contributed by atoms with Crippen LogP contribution in [0.15, 0.2) is 0 Å². The van der Waals surface area contributed by atoms with Crippen molar-refractivity contribution in [2.24, 2.45) is 11.8 Å². The molecule has 1 aliphatic heterocycles. The number of carbonyl (C=O) groups excluding carboxylic acids is 1. The number of rotatable bonds is 2. The zero-order valence-electron chi connectivity index (χ0n) is 8.38. The summed E-state index contributed by atoms with van der Waals surface area (Å²) < 4.78 is 5.29. The van der Waals surface area contributed by atoms with Crippen LogP contribution in [0.25, 0.3) is 0 Å². The van der Waals surface area contributed by atoms with Crippen molar-refractivity contribution < 1.29 is 9.53 Å². The molecule has 2 unspecified atom stereocenters. The molecule has 0 aromatic carbocycles. The highest BCUT2D eigenvalue weighted by Gasteiger charge is 2.39. The molecule has 0 bridgehead atoms. The van der Waals surface area contributed by atoms with Gasteiger partial charge in [-0.25, -0.2) is 0 Å². The summed E-state index contributed by atoms with van der Waals surface area (Å²) >= 11 is 3.38. The van der Waals surface area contributed by atoms with E-state index in [2.05, 4.69) is 15.9 Å². The molecule has 0 aromatic heterocycles. The molecule has 80 valence electrons. The summed E-state index contributed by atoms with van der Waals surface area (Å²) in [5.74, 6) is 0.875. The largest absolute Gasteiger partial charge is 0.461 e. The van der Waals surface area contributed by atoms with Gasteiger partial charge < -0.3 is 4.74 Å². The number of hydrogen-bond donors (Lipinski definition) is 0. The highest BCUT2D eigenvalue weighted by Crippen LogP contribution is 2.37. The summed E-state index contributed by atoms with van der Waals surface area (Å²) in [6.07, 6.45) is 7.48. The van der Waals surface area contributed by atoms with Gasteiger partial charge in [-0.15, -0.1) is 0 Å². The molecule has 2 rings (SSSR count). The van der Waals surface area contributed by atoms with E-state index in [9.17, 15) is 4.79 Å². The van der Waals surface area contributed by atoms with Crippen LogP contribution in [0.3, 0.4) is 0 Å². The van der Waals surface area contributed by atoms with E-state index in [0.717, 1.165) is 11.8 Å². The molecule has 0 aromatic rings. The number of carbonyl (C=O) groups is 1. The van der Waals surface area contributed by atoms with Gasteiger partial charge in [0.1, 0.15) is 6.10 Å². The van der Waals surface area contributed by atoms with E-state index in [1.807, 2.05) is 0 Å². The van der Waals surface area contributed by atoms with Crippen LogP contribution < -0.4 is 0 Å². The molecule has 1 saturated heterocycles. The normalized spacial score (nSPS) is 34.5. The summed E-state index contributed by atoms with van der Waals surface area (Å²) in [7, 11) is 0. The lowest BCUT2D eigenvalue weighted by atomic mass is 9.79. The van der Waals surface area contributed by atoms with Crippen LogP contribution in [0.4, 0.5) is 0 Å². The average Bonchev–Trinajstić information content (AvgIpc) is 2.61. The first-order chi connectivity index (χ1) is 6.81. The molecule has 0 radical (unpaired) electrons. The maximum atomic E-state index is 11.6. The molecule has 2 aliphatic rings. The van der Waals surface area contributed by atoms with Gasteiger partial charge in [-0.3, -0.25) is 4.79 Å². The van der Waals surface area contributed by atoms with E-state index in [-0.39, 0.29) is 18.0 Å². The van der Waals surface area contributed by atoms with Gasteiger partial charge in [0.2, 0.25) is 0 Å². The first kappa shape index (κ1) is 10.5. The van der Waals surface area contributed by atoms with Crippen molar-refractivity contribution in [3.8, 4) is 0 Å². The van der Waals surface area contributed by atoms with Gasteiger partial charge in [-0.1, -0.05) is 35.2 Å². The number of ether oxygens (including phenoxy) is 1. The van der Waals surface area contributed by atoms with Crippen LogP contribution in [0.5, 0.6) is 0 Å². The monoisotopic (exact) mass is 260 g/mol. The Labute approximate surface area is 93.5 Å². The third-order valence-electron chi connectivity index (χ3n) is 3.49. The third-order valence-corrected chi connectivity index (χ3v) is 4.22. The second-order valence-electron chi connectivity index (χ2n) is 4.45. The molecule has 1 saturated carbocycles. The van der Waals surface area contributed by atoms with Crippen LogP contribution in [0.1, 0.15) is 38.5 Å². The lowest BCUT2D eigenvalue weighted by molar-refractivity contribution is -0.145. The molecule has 2 nitrogen and oxygen atoms in total. The Hall–Kier alpha value is -0.0500. The van der Waals surface area contributed by atoms with Crippen molar-refractivity contribution in [2.75, 3.05) is 5.33 Å². The lowest BCUT2D eigenvalue weighted by Crippen LogP contribution is -2.21. The highest BCUT2D eigenvalue weighted by atomic mass is 79.9. The van der Waals surface area contributed by atoms with E-state index in [0.29, 0.717) is 5.92 Å². The van der Waals surface area contributed by atoms with E-state index in [1.165, 1.54) is 32.1 Å². The summed E-state index contributed by atoms with van der Waals surface area (Å²) in [5.41, 5.74) is 0. The Morgan fingerprint density at radius 1 is 1.29 bits per heavy atom. The van der Waals surface area contributed by atoms with Crippen LogP contribution in [0, 0.1) is 11.8 Å². The summed E-state index contributed by atoms with van der Waals surface area (Å²) in [5, 5.41) is 0.794. The molecule has 2 fully saturated rings. The fourth-order valence-electron chi connectivity index (χ4n) is 2.70. The molecular formula is C11H17BrO2. The number of halogens is 1. The molecule has 14 heavy (non-hydrogen) atoms. The Bertz CT molecular complexity index is 211. The van der Waals surface area contributed by atoms with Gasteiger partial charge >= 0.3 is 5.97 Å².